The van der Waals surface area contributed by atoms with Crippen LogP contribution in [0.1, 0.15) is 11.1 Å². The van der Waals surface area contributed by atoms with Gasteiger partial charge in [-0.05, 0) is 11.1 Å². The first-order valence-electron chi connectivity index (χ1n) is 9.11. The van der Waals surface area contributed by atoms with Crippen molar-refractivity contribution in [2.75, 3.05) is 0 Å². The van der Waals surface area contributed by atoms with E-state index in [0.29, 0.717) is 5.56 Å². The fourth-order valence-corrected chi connectivity index (χ4v) is 3.58. The highest BCUT2D eigenvalue weighted by molar-refractivity contribution is 6.39. The average molecular weight is 370 g/mol. The molecular formula is C24H18O4. The molecule has 0 saturated heterocycles. The van der Waals surface area contributed by atoms with Gasteiger partial charge in [0, 0.05) is 5.57 Å². The van der Waals surface area contributed by atoms with E-state index in [1.165, 1.54) is 0 Å². The van der Waals surface area contributed by atoms with Crippen molar-refractivity contribution >= 4 is 23.1 Å². The summed E-state index contributed by atoms with van der Waals surface area (Å²) in [5.74, 6) is -2.62. The third-order valence-electron chi connectivity index (χ3n) is 4.96. The van der Waals surface area contributed by atoms with Crippen molar-refractivity contribution in [2.45, 2.75) is 6.61 Å². The predicted octanol–water partition coefficient (Wildman–Crippen LogP) is 3.69. The number of ether oxygens (including phenoxy) is 1. The van der Waals surface area contributed by atoms with E-state index in [0.717, 1.165) is 5.56 Å². The van der Waals surface area contributed by atoms with Crippen LogP contribution >= 0.6 is 0 Å². The normalized spacial score (nSPS) is 20.9. The summed E-state index contributed by atoms with van der Waals surface area (Å²) in [7, 11) is 0. The fraction of sp³-hybridized carbons (Fsp3) is 0.125. The molecule has 0 fully saturated rings. The zero-order valence-corrected chi connectivity index (χ0v) is 15.1. The highest BCUT2D eigenvalue weighted by Crippen LogP contribution is 2.37. The van der Waals surface area contributed by atoms with Gasteiger partial charge in [0.15, 0.2) is 11.6 Å². The first kappa shape index (κ1) is 17.9. The summed E-state index contributed by atoms with van der Waals surface area (Å²) in [6, 6.07) is 18.0. The van der Waals surface area contributed by atoms with Gasteiger partial charge in [0.2, 0.25) is 0 Å². The van der Waals surface area contributed by atoms with Crippen molar-refractivity contribution in [3.63, 3.8) is 0 Å². The standard InChI is InChI=1S/C24H18O4/c25-22-18-13-7-8-14-19(18)23(26)21(20(22)17-11-5-2-6-12-17)24(27)28-15-16-9-3-1-4-10-16/h1-14,18-19H,15H2. The molecule has 2 aliphatic carbocycles. The third-order valence-corrected chi connectivity index (χ3v) is 4.96. The van der Waals surface area contributed by atoms with E-state index in [-0.39, 0.29) is 29.3 Å². The number of rotatable bonds is 4. The lowest BCUT2D eigenvalue weighted by Crippen LogP contribution is -2.38. The van der Waals surface area contributed by atoms with Gasteiger partial charge in [-0.3, -0.25) is 9.59 Å². The number of hydrogen-bond donors (Lipinski definition) is 0. The lowest BCUT2D eigenvalue weighted by atomic mass is 9.71. The Morgan fingerprint density at radius 3 is 2.00 bits per heavy atom. The number of carbonyl (C=O) groups excluding carboxylic acids is 3. The predicted molar refractivity (Wildman–Crippen MR) is 105 cm³/mol. The number of benzene rings is 2. The number of esters is 1. The van der Waals surface area contributed by atoms with Gasteiger partial charge < -0.3 is 4.74 Å². The molecular weight excluding hydrogens is 352 g/mol. The Labute approximate surface area is 162 Å². The zero-order valence-electron chi connectivity index (χ0n) is 15.1. The lowest BCUT2D eigenvalue weighted by Gasteiger charge is -2.29. The van der Waals surface area contributed by atoms with Crippen molar-refractivity contribution < 1.29 is 19.1 Å². The molecule has 0 bridgehead atoms. The van der Waals surface area contributed by atoms with Crippen LogP contribution in [-0.4, -0.2) is 17.5 Å². The number of carbonyl (C=O) groups is 3. The summed E-state index contributed by atoms with van der Waals surface area (Å²) in [5.41, 5.74) is 1.35. The maximum absolute atomic E-state index is 13.2. The van der Waals surface area contributed by atoms with E-state index in [1.54, 1.807) is 48.6 Å². The van der Waals surface area contributed by atoms with Crippen LogP contribution in [0.25, 0.3) is 5.57 Å². The molecule has 0 N–H and O–H groups in total. The number of hydrogen-bond acceptors (Lipinski definition) is 4. The minimum Gasteiger partial charge on any atom is -0.457 e. The average Bonchev–Trinajstić information content (AvgIpc) is 2.75. The molecule has 2 atom stereocenters. The summed E-state index contributed by atoms with van der Waals surface area (Å²) in [6.07, 6.45) is 6.89. The Morgan fingerprint density at radius 2 is 1.36 bits per heavy atom. The van der Waals surface area contributed by atoms with Crippen molar-refractivity contribution in [2.24, 2.45) is 11.8 Å². The van der Waals surface area contributed by atoms with Crippen LogP contribution in [0.4, 0.5) is 0 Å². The van der Waals surface area contributed by atoms with Crippen LogP contribution < -0.4 is 0 Å². The zero-order chi connectivity index (χ0) is 19.5. The Balaban J connectivity index is 1.75. The molecule has 138 valence electrons. The molecule has 0 saturated carbocycles. The van der Waals surface area contributed by atoms with Gasteiger partial charge in [-0.2, -0.15) is 0 Å². The number of allylic oxidation sites excluding steroid dienone is 5. The van der Waals surface area contributed by atoms with E-state index in [4.69, 9.17) is 4.74 Å². The van der Waals surface area contributed by atoms with E-state index in [2.05, 4.69) is 0 Å². The van der Waals surface area contributed by atoms with Crippen molar-refractivity contribution in [3.05, 3.63) is 102 Å². The Kier molecular flexibility index (Phi) is 4.85. The van der Waals surface area contributed by atoms with Crippen LogP contribution in [-0.2, 0) is 25.7 Å². The van der Waals surface area contributed by atoms with E-state index in [9.17, 15) is 14.4 Å². The van der Waals surface area contributed by atoms with Crippen LogP contribution in [0.15, 0.2) is 90.5 Å². The molecule has 4 heteroatoms. The molecule has 2 aromatic rings. The van der Waals surface area contributed by atoms with Crippen LogP contribution in [0.5, 0.6) is 0 Å². The summed E-state index contributed by atoms with van der Waals surface area (Å²) < 4.78 is 5.41. The minimum atomic E-state index is -0.762. The Morgan fingerprint density at radius 1 is 0.786 bits per heavy atom. The second kappa shape index (κ2) is 7.61. The first-order chi connectivity index (χ1) is 13.7. The molecule has 28 heavy (non-hydrogen) atoms. The lowest BCUT2D eigenvalue weighted by molar-refractivity contribution is -0.143. The van der Waals surface area contributed by atoms with Crippen LogP contribution in [0, 0.1) is 11.8 Å². The topological polar surface area (TPSA) is 60.4 Å². The van der Waals surface area contributed by atoms with Gasteiger partial charge in [-0.25, -0.2) is 4.79 Å². The van der Waals surface area contributed by atoms with Crippen molar-refractivity contribution in [1.82, 2.24) is 0 Å². The molecule has 0 aromatic heterocycles. The largest absolute Gasteiger partial charge is 0.457 e. The fourth-order valence-electron chi connectivity index (χ4n) is 3.58. The molecule has 0 spiro atoms. The number of fused-ring (bicyclic) bond motifs is 1. The summed E-state index contributed by atoms with van der Waals surface area (Å²) in [4.78, 5) is 39.2. The van der Waals surface area contributed by atoms with Gasteiger partial charge in [-0.15, -0.1) is 0 Å². The molecule has 2 unspecified atom stereocenters. The maximum atomic E-state index is 13.2. The summed E-state index contributed by atoms with van der Waals surface area (Å²) in [5, 5.41) is 0. The molecule has 0 radical (unpaired) electrons. The highest BCUT2D eigenvalue weighted by Gasteiger charge is 2.44. The van der Waals surface area contributed by atoms with Crippen molar-refractivity contribution in [3.8, 4) is 0 Å². The summed E-state index contributed by atoms with van der Waals surface area (Å²) in [6.45, 7) is 0.0382. The van der Waals surface area contributed by atoms with Gasteiger partial charge in [-0.1, -0.05) is 85.0 Å². The molecule has 0 amide bonds. The van der Waals surface area contributed by atoms with Gasteiger partial charge in [0.25, 0.3) is 0 Å². The van der Waals surface area contributed by atoms with Gasteiger partial charge >= 0.3 is 5.97 Å². The Hall–Kier alpha value is -3.53. The van der Waals surface area contributed by atoms with Gasteiger partial charge in [0.1, 0.15) is 12.2 Å². The first-order valence-corrected chi connectivity index (χ1v) is 9.11. The third kappa shape index (κ3) is 3.25. The molecule has 0 aliphatic heterocycles. The highest BCUT2D eigenvalue weighted by atomic mass is 16.5. The molecule has 0 heterocycles. The van der Waals surface area contributed by atoms with Gasteiger partial charge in [0.05, 0.1) is 11.8 Å². The van der Waals surface area contributed by atoms with Crippen molar-refractivity contribution in [1.29, 1.82) is 0 Å². The van der Waals surface area contributed by atoms with E-state index >= 15 is 0 Å². The second-order valence-electron chi connectivity index (χ2n) is 6.73. The van der Waals surface area contributed by atoms with Crippen LogP contribution in [0.2, 0.25) is 0 Å². The number of ketones is 2. The SMILES string of the molecule is O=C(OCc1ccccc1)C1=C(c2ccccc2)C(=O)C2C=CC=CC2C1=O. The monoisotopic (exact) mass is 370 g/mol. The maximum Gasteiger partial charge on any atom is 0.342 e. The smallest absolute Gasteiger partial charge is 0.342 e. The quantitative estimate of drug-likeness (QED) is 0.608. The minimum absolute atomic E-state index is 0.0382. The molecule has 2 aromatic carbocycles. The molecule has 2 aliphatic rings. The van der Waals surface area contributed by atoms with E-state index < -0.39 is 17.8 Å². The molecule has 4 rings (SSSR count). The second-order valence-corrected chi connectivity index (χ2v) is 6.73. The molecule has 4 nitrogen and oxygen atoms in total. The Bertz CT molecular complexity index is 1010. The number of Topliss-reactive ketones (excluding diaryl/α,β-unsaturated/α-hetero) is 2. The summed E-state index contributed by atoms with van der Waals surface area (Å²) >= 11 is 0. The van der Waals surface area contributed by atoms with E-state index in [1.807, 2.05) is 36.4 Å². The van der Waals surface area contributed by atoms with Crippen LogP contribution in [0.3, 0.4) is 0 Å².